The van der Waals surface area contributed by atoms with Crippen molar-refractivity contribution in [3.63, 3.8) is 0 Å². The van der Waals surface area contributed by atoms with Crippen LogP contribution in [0.25, 0.3) is 15.8 Å². The first kappa shape index (κ1) is 33.9. The second-order valence-electron chi connectivity index (χ2n) is 11.6. The minimum atomic E-state index is -1.80. The van der Waals surface area contributed by atoms with Crippen LogP contribution >= 0.6 is 11.5 Å². The number of rotatable bonds is 9. The molecule has 264 valence electrons. The molecule has 3 aromatic heterocycles. The fourth-order valence-corrected chi connectivity index (χ4v) is 6.98. The number of aryl methyl sites for hydroxylation is 1. The summed E-state index contributed by atoms with van der Waals surface area (Å²) in [5.74, 6) is -4.09. The van der Waals surface area contributed by atoms with E-state index in [0.717, 1.165) is 23.4 Å². The number of methoxy groups -OCH3 is 1. The van der Waals surface area contributed by atoms with E-state index in [2.05, 4.69) is 19.8 Å². The zero-order valence-electron chi connectivity index (χ0n) is 27.7. The molecule has 2 unspecified atom stereocenters. The van der Waals surface area contributed by atoms with Gasteiger partial charge in [-0.05, 0) is 48.8 Å². The van der Waals surface area contributed by atoms with E-state index >= 15 is 0 Å². The number of aromatic nitrogens is 4. The van der Waals surface area contributed by atoms with E-state index in [1.807, 2.05) is 0 Å². The van der Waals surface area contributed by atoms with Gasteiger partial charge in [0.15, 0.2) is 17.7 Å². The van der Waals surface area contributed by atoms with Gasteiger partial charge in [0.2, 0.25) is 12.0 Å². The molecule has 5 amide bonds. The van der Waals surface area contributed by atoms with Crippen molar-refractivity contribution in [2.45, 2.75) is 26.1 Å². The van der Waals surface area contributed by atoms with Gasteiger partial charge in [0, 0.05) is 36.3 Å². The summed E-state index contributed by atoms with van der Waals surface area (Å²) in [6, 6.07) is 14.2. The van der Waals surface area contributed by atoms with Crippen LogP contribution in [0.2, 0.25) is 0 Å². The number of imide groups is 1. The molecule has 1 fully saturated rings. The Bertz CT molecular complexity index is 2300. The topological polar surface area (TPSA) is 218 Å². The predicted molar refractivity (Wildman–Crippen MR) is 185 cm³/mol. The number of carbonyl (C=O) groups excluding carboxylic acids is 6. The van der Waals surface area contributed by atoms with Crippen molar-refractivity contribution in [1.82, 2.24) is 19.1 Å². The van der Waals surface area contributed by atoms with Crippen LogP contribution < -0.4 is 25.6 Å². The molecule has 3 N–H and O–H groups in total. The molecule has 1 saturated heterocycles. The first-order chi connectivity index (χ1) is 25.0. The van der Waals surface area contributed by atoms with Crippen molar-refractivity contribution in [3.8, 4) is 11.6 Å². The average Bonchev–Trinajstić information content (AvgIpc) is 3.80. The predicted octanol–water partition coefficient (Wildman–Crippen LogP) is 2.40. The van der Waals surface area contributed by atoms with Crippen LogP contribution in [0.3, 0.4) is 0 Å². The van der Waals surface area contributed by atoms with E-state index in [-0.39, 0.29) is 57.3 Å². The number of fused-ring (bicyclic) bond motifs is 2. The van der Waals surface area contributed by atoms with Crippen LogP contribution in [-0.2, 0) is 23.9 Å². The number of nitrogens with two attached hydrogens (primary N) is 1. The lowest BCUT2D eigenvalue weighted by Gasteiger charge is -2.34. The zero-order chi connectivity index (χ0) is 36.8. The van der Waals surface area contributed by atoms with E-state index in [9.17, 15) is 28.8 Å². The summed E-state index contributed by atoms with van der Waals surface area (Å²) in [6.07, 6.45) is -1.84. The summed E-state index contributed by atoms with van der Waals surface area (Å²) in [5.41, 5.74) is 7.22. The van der Waals surface area contributed by atoms with Gasteiger partial charge >= 0.3 is 5.97 Å². The molecule has 2 aromatic carbocycles. The molecule has 17 nitrogen and oxygen atoms in total. The molecule has 2 aliphatic rings. The van der Waals surface area contributed by atoms with Gasteiger partial charge in [0.1, 0.15) is 0 Å². The smallest absolute Gasteiger partial charge is 0.303 e. The monoisotopic (exact) mass is 724 g/mol. The molecule has 0 spiro atoms. The highest BCUT2D eigenvalue weighted by Crippen LogP contribution is 2.39. The number of amides is 5. The summed E-state index contributed by atoms with van der Waals surface area (Å²) < 4.78 is 22.3. The molecule has 52 heavy (non-hydrogen) atoms. The van der Waals surface area contributed by atoms with Crippen LogP contribution in [0.1, 0.15) is 43.7 Å². The van der Waals surface area contributed by atoms with Crippen molar-refractivity contribution in [2.75, 3.05) is 35.4 Å². The molecular weight excluding hydrogens is 696 g/mol. The fraction of sp³-hybridized carbons (Fsp3) is 0.206. The summed E-state index contributed by atoms with van der Waals surface area (Å²) >= 11 is 0.790. The van der Waals surface area contributed by atoms with Gasteiger partial charge < -0.3 is 25.3 Å². The number of hydrogen-bond donors (Lipinski definition) is 2. The maximum absolute atomic E-state index is 13.9. The number of nitrogens with one attached hydrogen (secondary N) is 1. The Kier molecular flexibility index (Phi) is 8.69. The van der Waals surface area contributed by atoms with Crippen molar-refractivity contribution < 1.29 is 43.0 Å². The van der Waals surface area contributed by atoms with Gasteiger partial charge in [-0.15, -0.1) is 5.10 Å². The quantitative estimate of drug-likeness (QED) is 0.165. The lowest BCUT2D eigenvalue weighted by atomic mass is 10.1. The first-order valence-corrected chi connectivity index (χ1v) is 16.4. The number of anilines is 3. The number of benzene rings is 2. The summed E-state index contributed by atoms with van der Waals surface area (Å²) in [5, 5.41) is 7.38. The Morgan fingerprint density at radius 3 is 2.46 bits per heavy atom. The van der Waals surface area contributed by atoms with E-state index in [1.165, 1.54) is 36.3 Å². The van der Waals surface area contributed by atoms with Crippen LogP contribution in [0.15, 0.2) is 60.8 Å². The Balaban J connectivity index is 1.17. The van der Waals surface area contributed by atoms with E-state index in [1.54, 1.807) is 48.1 Å². The van der Waals surface area contributed by atoms with E-state index < -0.39 is 47.7 Å². The minimum Gasteiger partial charge on any atom is -0.481 e. The molecule has 2 aliphatic heterocycles. The molecular formula is C34H28N8O9S. The molecule has 18 heteroatoms. The average molecular weight is 725 g/mol. The number of morpholine rings is 1. The second kappa shape index (κ2) is 13.3. The van der Waals surface area contributed by atoms with Crippen LogP contribution in [-0.4, -0.2) is 87.1 Å². The van der Waals surface area contributed by atoms with Gasteiger partial charge in [0.25, 0.3) is 29.5 Å². The standard InChI is InChI=1S/C34H28N8O9S/c1-16-14-23(38-42(16)18-10-11-36-24(15-18)49-3)40-12-13-50-27(34(40)48)26(51-17(2)43)31(45)37-22-9-8-21-28(25(22)29(35)44)52-39-30(21)41-32(46)19-6-4-5-7-20(19)33(41)47/h4-11,14-15,26-27H,12-13H2,1-3H3,(H2,35,44)(H,37,45). The number of esters is 1. The molecule has 2 atom stereocenters. The third-order valence-electron chi connectivity index (χ3n) is 8.40. The van der Waals surface area contributed by atoms with Gasteiger partial charge in [-0.1, -0.05) is 12.1 Å². The normalized spacial score (nSPS) is 16.2. The highest BCUT2D eigenvalue weighted by atomic mass is 32.1. The van der Waals surface area contributed by atoms with Gasteiger partial charge in [0.05, 0.1) is 53.0 Å². The van der Waals surface area contributed by atoms with Crippen LogP contribution in [0, 0.1) is 6.92 Å². The van der Waals surface area contributed by atoms with Crippen LogP contribution in [0.4, 0.5) is 17.3 Å². The van der Waals surface area contributed by atoms with Crippen molar-refractivity contribution in [1.29, 1.82) is 0 Å². The van der Waals surface area contributed by atoms with E-state index in [4.69, 9.17) is 19.9 Å². The van der Waals surface area contributed by atoms with Gasteiger partial charge in [-0.2, -0.15) is 4.37 Å². The van der Waals surface area contributed by atoms with Crippen molar-refractivity contribution in [3.05, 3.63) is 83.2 Å². The summed E-state index contributed by atoms with van der Waals surface area (Å²) in [4.78, 5) is 85.5. The van der Waals surface area contributed by atoms with Crippen molar-refractivity contribution in [2.24, 2.45) is 5.73 Å². The van der Waals surface area contributed by atoms with E-state index in [0.29, 0.717) is 17.3 Å². The maximum Gasteiger partial charge on any atom is 0.303 e. The zero-order valence-corrected chi connectivity index (χ0v) is 28.5. The lowest BCUT2D eigenvalue weighted by molar-refractivity contribution is -0.167. The van der Waals surface area contributed by atoms with Gasteiger partial charge in [-0.25, -0.2) is 14.6 Å². The SMILES string of the molecule is COc1cc(-n2nc(N3CCOC(C(OC(C)=O)C(=O)Nc4ccc5c(N6C(=O)c7ccccc7C6=O)nsc5c4C(N)=O)C3=O)cc2C)ccn1. The van der Waals surface area contributed by atoms with Crippen LogP contribution in [0.5, 0.6) is 5.88 Å². The number of carbonyl (C=O) groups is 6. The molecule has 0 bridgehead atoms. The summed E-state index contributed by atoms with van der Waals surface area (Å²) in [6.45, 7) is 2.91. The Morgan fingerprint density at radius 1 is 1.06 bits per heavy atom. The number of primary amides is 1. The Morgan fingerprint density at radius 2 is 1.79 bits per heavy atom. The number of hydrogen-bond acceptors (Lipinski definition) is 13. The molecule has 7 rings (SSSR count). The highest BCUT2D eigenvalue weighted by molar-refractivity contribution is 7.14. The molecule has 0 radical (unpaired) electrons. The lowest BCUT2D eigenvalue weighted by Crippen LogP contribution is -2.56. The van der Waals surface area contributed by atoms with Gasteiger partial charge in [-0.3, -0.25) is 33.7 Å². The number of pyridine rings is 1. The molecule has 5 aromatic rings. The third kappa shape index (κ3) is 5.78. The fourth-order valence-electron chi connectivity index (χ4n) is 6.06. The first-order valence-electron chi connectivity index (χ1n) is 15.7. The third-order valence-corrected chi connectivity index (χ3v) is 9.27. The summed E-state index contributed by atoms with van der Waals surface area (Å²) in [7, 11) is 1.49. The largest absolute Gasteiger partial charge is 0.481 e. The Hall–Kier alpha value is -6.53. The molecule has 5 heterocycles. The maximum atomic E-state index is 13.9. The Labute approximate surface area is 298 Å². The number of nitrogens with zero attached hydrogens (tertiary/aromatic N) is 6. The second-order valence-corrected chi connectivity index (χ2v) is 12.4. The number of ether oxygens (including phenoxy) is 3. The van der Waals surface area contributed by atoms with Crippen molar-refractivity contribution >= 4 is 74.4 Å². The molecule has 0 aliphatic carbocycles. The highest BCUT2D eigenvalue weighted by Gasteiger charge is 2.44. The minimum absolute atomic E-state index is 0.00796. The molecule has 0 saturated carbocycles.